The van der Waals surface area contributed by atoms with Gasteiger partial charge in [-0.3, -0.25) is 4.79 Å². The summed E-state index contributed by atoms with van der Waals surface area (Å²) in [5, 5.41) is 0. The molecule has 0 spiro atoms. The maximum Gasteiger partial charge on any atom is 0.162 e. The maximum atomic E-state index is 10.6. The van der Waals surface area contributed by atoms with Gasteiger partial charge in [0.15, 0.2) is 11.5 Å². The van der Waals surface area contributed by atoms with Gasteiger partial charge in [-0.05, 0) is 25.1 Å². The number of hydrogen-bond acceptors (Lipinski definition) is 3. The normalized spacial score (nSPS) is 10.3. The predicted molar refractivity (Wildman–Crippen MR) is 58.7 cm³/mol. The first-order valence-corrected chi connectivity index (χ1v) is 4.69. The quantitative estimate of drug-likeness (QED) is 0.548. The largest absolute Gasteiger partial charge is 0.493 e. The Hall–Kier alpha value is -1.77. The van der Waals surface area contributed by atoms with E-state index in [9.17, 15) is 4.79 Å². The van der Waals surface area contributed by atoms with Gasteiger partial charge in [0.25, 0.3) is 0 Å². The Bertz CT molecular complexity index is 356. The minimum absolute atomic E-state index is 0.467. The fourth-order valence-corrected chi connectivity index (χ4v) is 1.11. The zero-order chi connectivity index (χ0) is 11.1. The Morgan fingerprint density at radius 1 is 1.33 bits per heavy atom. The highest BCUT2D eigenvalue weighted by Crippen LogP contribution is 2.27. The van der Waals surface area contributed by atoms with Gasteiger partial charge in [-0.15, -0.1) is 0 Å². The smallest absolute Gasteiger partial charge is 0.162 e. The van der Waals surface area contributed by atoms with Crippen molar-refractivity contribution in [2.75, 3.05) is 13.7 Å². The van der Waals surface area contributed by atoms with Crippen LogP contribution in [0.1, 0.15) is 17.3 Å². The van der Waals surface area contributed by atoms with Crippen LogP contribution in [0.15, 0.2) is 30.4 Å². The van der Waals surface area contributed by atoms with Crippen LogP contribution in [-0.2, 0) is 0 Å². The molecular formula is C12H14O3. The third kappa shape index (κ3) is 3.13. The Morgan fingerprint density at radius 3 is 2.73 bits per heavy atom. The van der Waals surface area contributed by atoms with Crippen molar-refractivity contribution in [1.82, 2.24) is 0 Å². The summed E-state index contributed by atoms with van der Waals surface area (Å²) in [6.45, 7) is 2.39. The molecule has 0 saturated heterocycles. The molecule has 0 aromatic heterocycles. The minimum atomic E-state index is 0.467. The molecular weight excluding hydrogens is 192 g/mol. The standard InChI is InChI=1S/C12H14O3/c1-3-4-7-15-12-8-10(9-13)5-6-11(12)14-2/h3-6,8-9H,7H2,1-2H3/b4-3-. The van der Waals surface area contributed by atoms with Crippen LogP contribution in [0.3, 0.4) is 0 Å². The first-order chi connectivity index (χ1) is 7.31. The van der Waals surface area contributed by atoms with E-state index in [2.05, 4.69) is 0 Å². The van der Waals surface area contributed by atoms with Gasteiger partial charge in [0.2, 0.25) is 0 Å². The second-order valence-electron chi connectivity index (χ2n) is 2.91. The summed E-state index contributed by atoms with van der Waals surface area (Å²) >= 11 is 0. The van der Waals surface area contributed by atoms with Gasteiger partial charge in [-0.2, -0.15) is 0 Å². The molecule has 3 nitrogen and oxygen atoms in total. The molecule has 0 aliphatic rings. The molecule has 15 heavy (non-hydrogen) atoms. The molecule has 0 atom stereocenters. The number of allylic oxidation sites excluding steroid dienone is 1. The highest BCUT2D eigenvalue weighted by Gasteiger charge is 2.04. The minimum Gasteiger partial charge on any atom is -0.493 e. The highest BCUT2D eigenvalue weighted by atomic mass is 16.5. The Kier molecular flexibility index (Phi) is 4.41. The van der Waals surface area contributed by atoms with Crippen LogP contribution in [0.4, 0.5) is 0 Å². The lowest BCUT2D eigenvalue weighted by Crippen LogP contribution is -1.97. The molecule has 1 aromatic carbocycles. The number of benzene rings is 1. The number of methoxy groups -OCH3 is 1. The summed E-state index contributed by atoms with van der Waals surface area (Å²) in [7, 11) is 1.57. The lowest BCUT2D eigenvalue weighted by atomic mass is 10.2. The van der Waals surface area contributed by atoms with Gasteiger partial charge in [0.1, 0.15) is 12.9 Å². The van der Waals surface area contributed by atoms with Crippen molar-refractivity contribution >= 4 is 6.29 Å². The van der Waals surface area contributed by atoms with Crippen molar-refractivity contribution in [2.24, 2.45) is 0 Å². The number of aldehydes is 1. The average Bonchev–Trinajstić information content (AvgIpc) is 2.29. The Labute approximate surface area is 89.3 Å². The Balaban J connectivity index is 2.85. The van der Waals surface area contributed by atoms with E-state index in [1.807, 2.05) is 19.1 Å². The molecule has 0 amide bonds. The van der Waals surface area contributed by atoms with E-state index in [0.29, 0.717) is 23.7 Å². The van der Waals surface area contributed by atoms with E-state index in [0.717, 1.165) is 6.29 Å². The summed E-state index contributed by atoms with van der Waals surface area (Å²) in [4.78, 5) is 10.6. The number of carbonyl (C=O) groups excluding carboxylic acids is 1. The molecule has 1 aromatic rings. The molecule has 0 aliphatic carbocycles. The number of carbonyl (C=O) groups is 1. The molecule has 3 heteroatoms. The first-order valence-electron chi connectivity index (χ1n) is 4.69. The van der Waals surface area contributed by atoms with E-state index < -0.39 is 0 Å². The zero-order valence-electron chi connectivity index (χ0n) is 8.90. The molecule has 0 saturated carbocycles. The van der Waals surface area contributed by atoms with Crippen molar-refractivity contribution in [3.05, 3.63) is 35.9 Å². The number of rotatable bonds is 5. The summed E-state index contributed by atoms with van der Waals surface area (Å²) in [5.41, 5.74) is 0.575. The fraction of sp³-hybridized carbons (Fsp3) is 0.250. The van der Waals surface area contributed by atoms with Crippen LogP contribution in [-0.4, -0.2) is 20.0 Å². The topological polar surface area (TPSA) is 35.5 Å². The van der Waals surface area contributed by atoms with Gasteiger partial charge in [-0.25, -0.2) is 0 Å². The van der Waals surface area contributed by atoms with E-state index in [-0.39, 0.29) is 0 Å². The predicted octanol–water partition coefficient (Wildman–Crippen LogP) is 2.46. The molecule has 0 aliphatic heterocycles. The number of hydrogen-bond donors (Lipinski definition) is 0. The molecule has 0 radical (unpaired) electrons. The Morgan fingerprint density at radius 2 is 2.13 bits per heavy atom. The van der Waals surface area contributed by atoms with E-state index >= 15 is 0 Å². The molecule has 80 valence electrons. The van der Waals surface area contributed by atoms with Crippen LogP contribution < -0.4 is 9.47 Å². The third-order valence-electron chi connectivity index (χ3n) is 1.89. The molecule has 0 bridgehead atoms. The number of ether oxygens (including phenoxy) is 2. The van der Waals surface area contributed by atoms with Crippen LogP contribution in [0.5, 0.6) is 11.5 Å². The van der Waals surface area contributed by atoms with Gasteiger partial charge < -0.3 is 9.47 Å². The summed E-state index contributed by atoms with van der Waals surface area (Å²) < 4.78 is 10.6. The van der Waals surface area contributed by atoms with E-state index in [1.54, 1.807) is 25.3 Å². The van der Waals surface area contributed by atoms with Gasteiger partial charge >= 0.3 is 0 Å². The molecule has 0 fully saturated rings. The lowest BCUT2D eigenvalue weighted by molar-refractivity contribution is 0.112. The summed E-state index contributed by atoms with van der Waals surface area (Å²) in [5.74, 6) is 1.21. The highest BCUT2D eigenvalue weighted by molar-refractivity contribution is 5.76. The third-order valence-corrected chi connectivity index (χ3v) is 1.89. The van der Waals surface area contributed by atoms with E-state index in [4.69, 9.17) is 9.47 Å². The molecule has 0 unspecified atom stereocenters. The van der Waals surface area contributed by atoms with Crippen molar-refractivity contribution in [2.45, 2.75) is 6.92 Å². The fourth-order valence-electron chi connectivity index (χ4n) is 1.11. The van der Waals surface area contributed by atoms with Gasteiger partial charge in [0.05, 0.1) is 7.11 Å². The van der Waals surface area contributed by atoms with Crippen molar-refractivity contribution in [3.8, 4) is 11.5 Å². The lowest BCUT2D eigenvalue weighted by Gasteiger charge is -2.09. The zero-order valence-corrected chi connectivity index (χ0v) is 8.90. The van der Waals surface area contributed by atoms with Crippen molar-refractivity contribution in [3.63, 3.8) is 0 Å². The first kappa shape index (κ1) is 11.3. The second-order valence-corrected chi connectivity index (χ2v) is 2.91. The van der Waals surface area contributed by atoms with Crippen LogP contribution in [0.2, 0.25) is 0 Å². The summed E-state index contributed by atoms with van der Waals surface area (Å²) in [6.07, 6.45) is 4.56. The maximum absolute atomic E-state index is 10.6. The van der Waals surface area contributed by atoms with Gasteiger partial charge in [-0.1, -0.05) is 12.2 Å². The van der Waals surface area contributed by atoms with Gasteiger partial charge in [0, 0.05) is 5.56 Å². The van der Waals surface area contributed by atoms with Crippen LogP contribution in [0.25, 0.3) is 0 Å². The monoisotopic (exact) mass is 206 g/mol. The molecule has 1 rings (SSSR count). The van der Waals surface area contributed by atoms with Crippen molar-refractivity contribution < 1.29 is 14.3 Å². The summed E-state index contributed by atoms with van der Waals surface area (Å²) in [6, 6.07) is 5.07. The second kappa shape index (κ2) is 5.86. The SMILES string of the molecule is C/C=C\COc1cc(C=O)ccc1OC. The van der Waals surface area contributed by atoms with Crippen LogP contribution in [0, 0.1) is 0 Å². The van der Waals surface area contributed by atoms with Crippen LogP contribution >= 0.6 is 0 Å². The van der Waals surface area contributed by atoms with Crippen molar-refractivity contribution in [1.29, 1.82) is 0 Å². The molecule has 0 heterocycles. The average molecular weight is 206 g/mol. The molecule has 0 N–H and O–H groups in total. The van der Waals surface area contributed by atoms with E-state index in [1.165, 1.54) is 0 Å².